The molecule has 0 unspecified atom stereocenters. The van der Waals surface area contributed by atoms with Crippen molar-refractivity contribution in [2.24, 2.45) is 7.05 Å². The molecule has 4 heterocycles. The molecule has 0 spiro atoms. The van der Waals surface area contributed by atoms with Crippen molar-refractivity contribution >= 4 is 21.9 Å². The van der Waals surface area contributed by atoms with E-state index in [2.05, 4.69) is 19.9 Å². The number of fused-ring (bicyclic) bond motifs is 3. The third-order valence-corrected chi connectivity index (χ3v) is 5.15. The summed E-state index contributed by atoms with van der Waals surface area (Å²) in [6.45, 7) is 0. The van der Waals surface area contributed by atoms with Crippen molar-refractivity contribution < 1.29 is 13.2 Å². The van der Waals surface area contributed by atoms with Gasteiger partial charge in [0.2, 0.25) is 0 Å². The molecule has 0 aliphatic heterocycles. The Balaban J connectivity index is 1.77. The van der Waals surface area contributed by atoms with Crippen LogP contribution in [0.2, 0.25) is 0 Å². The molecule has 5 aromatic rings. The van der Waals surface area contributed by atoms with Crippen LogP contribution in [0.15, 0.2) is 65.8 Å². The molecule has 0 amide bonds. The van der Waals surface area contributed by atoms with E-state index in [4.69, 9.17) is 0 Å². The Morgan fingerprint density at radius 1 is 1.00 bits per heavy atom. The zero-order valence-corrected chi connectivity index (χ0v) is 16.1. The Morgan fingerprint density at radius 3 is 2.48 bits per heavy atom. The summed E-state index contributed by atoms with van der Waals surface area (Å²) >= 11 is 0. The van der Waals surface area contributed by atoms with Crippen LogP contribution < -0.4 is 5.69 Å². The van der Waals surface area contributed by atoms with Crippen LogP contribution in [-0.2, 0) is 13.2 Å². The topological polar surface area (TPSA) is 76.5 Å². The normalized spacial score (nSPS) is 12.0. The van der Waals surface area contributed by atoms with Crippen molar-refractivity contribution in [1.82, 2.24) is 24.5 Å². The van der Waals surface area contributed by atoms with Gasteiger partial charge in [-0.2, -0.15) is 13.2 Å². The fourth-order valence-electron chi connectivity index (χ4n) is 3.61. The summed E-state index contributed by atoms with van der Waals surface area (Å²) in [6, 6.07) is 11.6. The molecule has 0 saturated heterocycles. The van der Waals surface area contributed by atoms with E-state index in [1.807, 2.05) is 30.3 Å². The molecule has 4 aromatic heterocycles. The maximum absolute atomic E-state index is 12.9. The predicted octanol–water partition coefficient (Wildman–Crippen LogP) is 4.56. The number of pyridine rings is 3. The molecule has 6 nitrogen and oxygen atoms in total. The summed E-state index contributed by atoms with van der Waals surface area (Å²) in [6.07, 6.45) is 0.0113. The van der Waals surface area contributed by atoms with Gasteiger partial charge in [-0.25, -0.2) is 9.78 Å². The molecular formula is C22H14F3N5O. The van der Waals surface area contributed by atoms with Crippen molar-refractivity contribution in [2.45, 2.75) is 6.18 Å². The van der Waals surface area contributed by atoms with Gasteiger partial charge < -0.3 is 4.98 Å². The van der Waals surface area contributed by atoms with E-state index in [9.17, 15) is 18.0 Å². The number of imidazole rings is 1. The average Bonchev–Trinajstić information content (AvgIpc) is 3.08. The van der Waals surface area contributed by atoms with Crippen molar-refractivity contribution in [3.05, 3.63) is 77.2 Å². The van der Waals surface area contributed by atoms with Crippen LogP contribution in [-0.4, -0.2) is 24.5 Å². The molecule has 31 heavy (non-hydrogen) atoms. The second-order valence-electron chi connectivity index (χ2n) is 7.08. The van der Waals surface area contributed by atoms with Crippen LogP contribution in [0, 0.1) is 0 Å². The first kappa shape index (κ1) is 19.0. The summed E-state index contributed by atoms with van der Waals surface area (Å²) in [7, 11) is 1.58. The number of aromatic nitrogens is 5. The Hall–Kier alpha value is -4.01. The lowest BCUT2D eigenvalue weighted by atomic mass is 10.0. The predicted molar refractivity (Wildman–Crippen MR) is 110 cm³/mol. The zero-order valence-electron chi connectivity index (χ0n) is 16.1. The first-order chi connectivity index (χ1) is 14.8. The molecule has 0 aliphatic carbocycles. The molecule has 0 bridgehead atoms. The number of aromatic amines is 1. The highest BCUT2D eigenvalue weighted by Crippen LogP contribution is 2.34. The van der Waals surface area contributed by atoms with Crippen molar-refractivity contribution in [1.29, 1.82) is 0 Å². The SMILES string of the molecule is Cn1c(=O)[nH]c2c3cc(-c4cccnc4)ccc3nc(-c3ccc(C(F)(F)F)nc3)c21. The van der Waals surface area contributed by atoms with Crippen molar-refractivity contribution in [2.75, 3.05) is 0 Å². The van der Waals surface area contributed by atoms with E-state index >= 15 is 0 Å². The molecule has 154 valence electrons. The minimum atomic E-state index is -4.53. The van der Waals surface area contributed by atoms with Gasteiger partial charge in [0, 0.05) is 42.2 Å². The minimum absolute atomic E-state index is 0.350. The van der Waals surface area contributed by atoms with Gasteiger partial charge in [0.1, 0.15) is 5.69 Å². The number of alkyl halides is 3. The Bertz CT molecular complexity index is 1490. The lowest BCUT2D eigenvalue weighted by molar-refractivity contribution is -0.141. The molecule has 9 heteroatoms. The van der Waals surface area contributed by atoms with E-state index in [0.717, 1.165) is 28.8 Å². The quantitative estimate of drug-likeness (QED) is 0.454. The molecule has 0 radical (unpaired) electrons. The summed E-state index contributed by atoms with van der Waals surface area (Å²) in [5, 5.41) is 0.720. The highest BCUT2D eigenvalue weighted by atomic mass is 19.4. The summed E-state index contributed by atoms with van der Waals surface area (Å²) in [4.78, 5) is 27.6. The number of H-pyrrole nitrogens is 1. The average molecular weight is 421 g/mol. The molecule has 1 N–H and O–H groups in total. The largest absolute Gasteiger partial charge is 0.433 e. The molecule has 0 fully saturated rings. The van der Waals surface area contributed by atoms with Gasteiger partial charge in [-0.15, -0.1) is 0 Å². The van der Waals surface area contributed by atoms with Crippen LogP contribution in [0.4, 0.5) is 13.2 Å². The highest BCUT2D eigenvalue weighted by Gasteiger charge is 2.32. The number of hydrogen-bond donors (Lipinski definition) is 1. The van der Waals surface area contributed by atoms with Gasteiger partial charge in [0.05, 0.1) is 22.2 Å². The standard InChI is InChI=1S/C22H14F3N5O/c1-30-20-18(14-5-7-17(27-11-14)22(23,24)25)28-16-6-4-12(13-3-2-8-26-10-13)9-15(16)19(20)29-21(30)31/h2-11H,1H3,(H,29,31). The minimum Gasteiger partial charge on any atom is -0.305 e. The van der Waals surface area contributed by atoms with Crippen LogP contribution in [0.1, 0.15) is 5.69 Å². The fraction of sp³-hybridized carbons (Fsp3) is 0.0909. The number of aryl methyl sites for hydroxylation is 1. The van der Waals surface area contributed by atoms with Crippen LogP contribution in [0.5, 0.6) is 0 Å². The summed E-state index contributed by atoms with van der Waals surface area (Å²) in [5.74, 6) is 0. The van der Waals surface area contributed by atoms with Gasteiger partial charge >= 0.3 is 11.9 Å². The zero-order chi connectivity index (χ0) is 21.8. The van der Waals surface area contributed by atoms with E-state index < -0.39 is 11.9 Å². The van der Waals surface area contributed by atoms with Crippen molar-refractivity contribution in [3.63, 3.8) is 0 Å². The second kappa shape index (κ2) is 6.76. The Labute approximate surface area is 173 Å². The summed E-state index contributed by atoms with van der Waals surface area (Å²) in [5.41, 5.74) is 2.86. The van der Waals surface area contributed by atoms with E-state index in [0.29, 0.717) is 27.8 Å². The second-order valence-corrected chi connectivity index (χ2v) is 7.08. The lowest BCUT2D eigenvalue weighted by Crippen LogP contribution is -2.12. The van der Waals surface area contributed by atoms with Gasteiger partial charge in [-0.05, 0) is 35.9 Å². The van der Waals surface area contributed by atoms with Gasteiger partial charge in [-0.3, -0.25) is 14.5 Å². The van der Waals surface area contributed by atoms with Gasteiger partial charge in [0.25, 0.3) is 0 Å². The fourth-order valence-corrected chi connectivity index (χ4v) is 3.61. The first-order valence-corrected chi connectivity index (χ1v) is 9.29. The van der Waals surface area contributed by atoms with Crippen molar-refractivity contribution in [3.8, 4) is 22.4 Å². The number of benzene rings is 1. The first-order valence-electron chi connectivity index (χ1n) is 9.29. The summed E-state index contributed by atoms with van der Waals surface area (Å²) < 4.78 is 40.1. The third kappa shape index (κ3) is 3.14. The molecule has 0 aliphatic rings. The Morgan fingerprint density at radius 2 is 1.81 bits per heavy atom. The molecular weight excluding hydrogens is 407 g/mol. The number of nitrogens with one attached hydrogen (secondary N) is 1. The monoisotopic (exact) mass is 421 g/mol. The third-order valence-electron chi connectivity index (χ3n) is 5.15. The molecule has 0 saturated carbocycles. The maximum Gasteiger partial charge on any atom is 0.433 e. The van der Waals surface area contributed by atoms with E-state index in [1.165, 1.54) is 10.6 Å². The van der Waals surface area contributed by atoms with E-state index in [-0.39, 0.29) is 5.69 Å². The van der Waals surface area contributed by atoms with Gasteiger partial charge in [-0.1, -0.05) is 12.1 Å². The number of halogens is 3. The number of hydrogen-bond acceptors (Lipinski definition) is 4. The molecule has 0 atom stereocenters. The Kier molecular flexibility index (Phi) is 4.14. The highest BCUT2D eigenvalue weighted by molar-refractivity contribution is 6.08. The molecule has 5 rings (SSSR count). The van der Waals surface area contributed by atoms with E-state index in [1.54, 1.807) is 19.4 Å². The van der Waals surface area contributed by atoms with Crippen LogP contribution >= 0.6 is 0 Å². The van der Waals surface area contributed by atoms with Crippen LogP contribution in [0.3, 0.4) is 0 Å². The number of nitrogens with zero attached hydrogens (tertiary/aromatic N) is 4. The lowest BCUT2D eigenvalue weighted by Gasteiger charge is -2.10. The number of rotatable bonds is 2. The smallest absolute Gasteiger partial charge is 0.305 e. The van der Waals surface area contributed by atoms with Gasteiger partial charge in [0.15, 0.2) is 0 Å². The maximum atomic E-state index is 12.9. The molecule has 1 aromatic carbocycles. The van der Waals surface area contributed by atoms with Crippen LogP contribution in [0.25, 0.3) is 44.3 Å².